The number of carbonyl (C=O) groups is 2. The van der Waals surface area contributed by atoms with Gasteiger partial charge in [0.1, 0.15) is 6.23 Å². The largest absolute Gasteiger partial charge is 0.449 e. The van der Waals surface area contributed by atoms with Crippen LogP contribution in [0.1, 0.15) is 25.1 Å². The van der Waals surface area contributed by atoms with Crippen LogP contribution in [-0.2, 0) is 16.5 Å². The van der Waals surface area contributed by atoms with Crippen LogP contribution in [0.2, 0.25) is 0 Å². The fourth-order valence-electron chi connectivity index (χ4n) is 2.83. The van der Waals surface area contributed by atoms with Crippen molar-refractivity contribution in [2.45, 2.75) is 38.6 Å². The Kier molecular flexibility index (Phi) is 12.4. The van der Waals surface area contributed by atoms with E-state index in [1.165, 1.54) is 15.3 Å². The van der Waals surface area contributed by atoms with Crippen molar-refractivity contribution in [3.8, 4) is 0 Å². The van der Waals surface area contributed by atoms with E-state index in [-0.39, 0.29) is 13.0 Å². The first-order valence-electron chi connectivity index (χ1n) is 9.85. The number of aromatic nitrogens is 4. The number of rotatable bonds is 4. The van der Waals surface area contributed by atoms with Crippen LogP contribution in [0.4, 0.5) is 9.59 Å². The van der Waals surface area contributed by atoms with Crippen molar-refractivity contribution in [2.24, 2.45) is 12.2 Å². The number of nitrogens with one attached hydrogen (secondary N) is 1. The molecule has 0 saturated carbocycles. The molecule has 2 aromatic rings. The van der Waals surface area contributed by atoms with Crippen LogP contribution in [0, 0.1) is 11.7 Å². The van der Waals surface area contributed by atoms with Gasteiger partial charge in [-0.05, 0) is 54.8 Å². The molecule has 17 heteroatoms. The van der Waals surface area contributed by atoms with E-state index in [9.17, 15) is 14.4 Å². The zero-order valence-corrected chi connectivity index (χ0v) is 21.2. The molecule has 1 fully saturated rings. The Morgan fingerprint density at radius 2 is 2.03 bits per heavy atom. The smallest absolute Gasteiger partial charge is 0.420 e. The minimum atomic E-state index is -0.889. The number of azide groups is 1. The minimum Gasteiger partial charge on any atom is -0.449 e. The highest BCUT2D eigenvalue weighted by Crippen LogP contribution is 2.29. The van der Waals surface area contributed by atoms with Gasteiger partial charge in [0.25, 0.3) is 5.56 Å². The predicted molar refractivity (Wildman–Crippen MR) is 128 cm³/mol. The SMILES string of the molecule is CCOC(=O)n1ccn(C)c1=S.Cc1cn([C@H]2C[C@H](N=[N+]=[N-])[C@@H](CO)O2)c(=O)[nH]c1=O.O=C(Cl)Cl. The van der Waals surface area contributed by atoms with Crippen molar-refractivity contribution in [1.82, 2.24) is 18.7 Å². The number of halogens is 2. The molecule has 1 aliphatic heterocycles. The molecule has 0 aromatic carbocycles. The van der Waals surface area contributed by atoms with Crippen LogP contribution in [0.25, 0.3) is 10.4 Å². The monoisotopic (exact) mass is 551 g/mol. The summed E-state index contributed by atoms with van der Waals surface area (Å²) in [5.74, 6) is 0. The second-order valence-corrected chi connectivity index (χ2v) is 8.03. The van der Waals surface area contributed by atoms with Crippen LogP contribution < -0.4 is 11.2 Å². The molecule has 3 heterocycles. The zero-order valence-electron chi connectivity index (χ0n) is 18.8. The van der Waals surface area contributed by atoms with E-state index in [0.29, 0.717) is 16.9 Å². The normalized spacial score (nSPS) is 18.3. The number of hydrogen-bond acceptors (Lipinski definition) is 9. The van der Waals surface area contributed by atoms with Crippen LogP contribution in [0.15, 0.2) is 33.3 Å². The lowest BCUT2D eigenvalue weighted by atomic mass is 10.1. The summed E-state index contributed by atoms with van der Waals surface area (Å²) in [5.41, 5.74) is 7.76. The number of ether oxygens (including phenoxy) is 2. The maximum Gasteiger partial charge on any atom is 0.420 e. The third-order valence-electron chi connectivity index (χ3n) is 4.45. The predicted octanol–water partition coefficient (Wildman–Crippen LogP) is 2.95. The summed E-state index contributed by atoms with van der Waals surface area (Å²) in [6, 6.07) is -0.542. The molecule has 0 amide bonds. The van der Waals surface area contributed by atoms with Gasteiger partial charge in [-0.3, -0.25) is 19.1 Å². The first-order chi connectivity index (χ1) is 16.5. The molecular weight excluding hydrogens is 529 g/mol. The Morgan fingerprint density at radius 1 is 1.40 bits per heavy atom. The van der Waals surface area contributed by atoms with E-state index in [2.05, 4.69) is 38.2 Å². The van der Waals surface area contributed by atoms with Crippen molar-refractivity contribution < 1.29 is 24.2 Å². The Balaban J connectivity index is 0.000000327. The summed E-state index contributed by atoms with van der Waals surface area (Å²) in [5, 5.41) is 12.7. The Labute approximate surface area is 213 Å². The molecule has 0 bridgehead atoms. The quantitative estimate of drug-likeness (QED) is 0.190. The second-order valence-electron chi connectivity index (χ2n) is 6.78. The maximum atomic E-state index is 11.7. The van der Waals surface area contributed by atoms with E-state index in [1.54, 1.807) is 37.9 Å². The number of aliphatic hydroxyl groups excluding tert-OH is 1. The molecular formula is C18H23Cl2N7O7S. The average molecular weight is 552 g/mol. The number of aryl methyl sites for hydroxylation is 2. The summed E-state index contributed by atoms with van der Waals surface area (Å²) >= 11 is 13.7. The Hall–Kier alpha value is -2.94. The maximum absolute atomic E-state index is 11.7. The molecule has 0 unspecified atom stereocenters. The van der Waals surface area contributed by atoms with E-state index >= 15 is 0 Å². The van der Waals surface area contributed by atoms with Crippen LogP contribution in [0.3, 0.4) is 0 Å². The number of aliphatic hydroxyl groups is 1. The molecule has 3 atom stereocenters. The van der Waals surface area contributed by atoms with Gasteiger partial charge in [0, 0.05) is 42.5 Å². The minimum absolute atomic E-state index is 0.265. The molecule has 14 nitrogen and oxygen atoms in total. The molecule has 0 spiro atoms. The summed E-state index contributed by atoms with van der Waals surface area (Å²) < 4.78 is 14.0. The summed E-state index contributed by atoms with van der Waals surface area (Å²) in [6.07, 6.45) is 3.19. The molecule has 35 heavy (non-hydrogen) atoms. The number of nitrogens with zero attached hydrogens (tertiary/aromatic N) is 6. The number of carbonyl (C=O) groups excluding carboxylic acids is 2. The molecule has 1 saturated heterocycles. The van der Waals surface area contributed by atoms with Crippen LogP contribution >= 0.6 is 35.4 Å². The van der Waals surface area contributed by atoms with E-state index in [4.69, 9.17) is 37.1 Å². The van der Waals surface area contributed by atoms with Gasteiger partial charge >= 0.3 is 16.5 Å². The lowest BCUT2D eigenvalue weighted by Gasteiger charge is -2.14. The lowest BCUT2D eigenvalue weighted by molar-refractivity contribution is -0.0271. The van der Waals surface area contributed by atoms with Gasteiger partial charge in [0.05, 0.1) is 25.4 Å². The van der Waals surface area contributed by atoms with Crippen LogP contribution in [0.5, 0.6) is 0 Å². The fraction of sp³-hybridized carbons (Fsp3) is 0.500. The van der Waals surface area contributed by atoms with E-state index < -0.39 is 40.4 Å². The Bertz CT molecular complexity index is 1240. The van der Waals surface area contributed by atoms with Gasteiger partial charge in [0.15, 0.2) is 4.77 Å². The molecule has 3 rings (SSSR count). The van der Waals surface area contributed by atoms with Gasteiger partial charge in [-0.2, -0.15) is 0 Å². The third-order valence-corrected chi connectivity index (χ3v) is 4.94. The fourth-order valence-corrected chi connectivity index (χ4v) is 3.03. The van der Waals surface area contributed by atoms with Gasteiger partial charge in [-0.15, -0.1) is 0 Å². The number of H-pyrrole nitrogens is 1. The van der Waals surface area contributed by atoms with Gasteiger partial charge < -0.3 is 19.1 Å². The molecule has 1 aliphatic rings. The van der Waals surface area contributed by atoms with E-state index in [0.717, 1.165) is 0 Å². The van der Waals surface area contributed by atoms with Crippen LogP contribution in [-0.4, -0.2) is 59.9 Å². The number of aromatic amines is 1. The molecule has 0 radical (unpaired) electrons. The highest BCUT2D eigenvalue weighted by atomic mass is 35.5. The average Bonchev–Trinajstić information content (AvgIpc) is 3.34. The van der Waals surface area contributed by atoms with Gasteiger partial charge in [-0.25, -0.2) is 14.2 Å². The number of imidazole rings is 1. The third kappa shape index (κ3) is 8.98. The highest BCUT2D eigenvalue weighted by molar-refractivity contribution is 7.71. The van der Waals surface area contributed by atoms with E-state index in [1.807, 2.05) is 0 Å². The lowest BCUT2D eigenvalue weighted by Crippen LogP contribution is -2.33. The van der Waals surface area contributed by atoms with Crippen molar-refractivity contribution in [3.63, 3.8) is 0 Å². The van der Waals surface area contributed by atoms with Gasteiger partial charge in [-0.1, -0.05) is 5.11 Å². The first kappa shape index (κ1) is 30.1. The van der Waals surface area contributed by atoms with Crippen molar-refractivity contribution >= 4 is 46.2 Å². The first-order valence-corrected chi connectivity index (χ1v) is 11.0. The molecule has 192 valence electrons. The second kappa shape index (κ2) is 14.5. The summed E-state index contributed by atoms with van der Waals surface area (Å²) in [6.45, 7) is 3.37. The zero-order chi connectivity index (χ0) is 26.7. The summed E-state index contributed by atoms with van der Waals surface area (Å²) in [7, 11) is 1.78. The van der Waals surface area contributed by atoms with Crippen molar-refractivity contribution in [2.75, 3.05) is 13.2 Å². The van der Waals surface area contributed by atoms with Crippen molar-refractivity contribution in [1.29, 1.82) is 0 Å². The topological polar surface area (TPSA) is 186 Å². The number of hydrogen-bond donors (Lipinski definition) is 2. The Morgan fingerprint density at radius 3 is 2.51 bits per heavy atom. The summed E-state index contributed by atoms with van der Waals surface area (Å²) in [4.78, 5) is 47.9. The van der Waals surface area contributed by atoms with Gasteiger partial charge in [0.2, 0.25) is 0 Å². The van der Waals surface area contributed by atoms with Crippen molar-refractivity contribution in [3.05, 3.63) is 60.2 Å². The molecule has 2 N–H and O–H groups in total. The molecule has 0 aliphatic carbocycles. The standard InChI is InChI=1S/C10H13N5O4.C7H10N2O2S.CCl2O/c1-5-3-15(10(18)12-9(5)17)8-2-6(13-14-11)7(4-16)19-8;1-3-11-7(10)9-5-4-8(2)6(9)12;2-1(3)4/h3,6-8,16H,2,4H2,1H3,(H,12,17,18);4-5H,3H2,1-2H3;/t6-,7+,8+;;/m0../s1. The highest BCUT2D eigenvalue weighted by Gasteiger charge is 2.35. The molecule has 2 aromatic heterocycles.